The first-order chi connectivity index (χ1) is 7.81. The first-order valence-corrected chi connectivity index (χ1v) is 5.83. The van der Waals surface area contributed by atoms with Crippen molar-refractivity contribution in [1.29, 1.82) is 5.26 Å². The molecule has 0 saturated heterocycles. The first kappa shape index (κ1) is 11.1. The van der Waals surface area contributed by atoms with Crippen molar-refractivity contribution in [2.45, 2.75) is 38.8 Å². The molecule has 0 aromatic carbocycles. The van der Waals surface area contributed by atoms with E-state index in [1.54, 1.807) is 0 Å². The maximum absolute atomic E-state index is 8.65. The van der Waals surface area contributed by atoms with Crippen LogP contribution in [-0.2, 0) is 6.54 Å². The fraction of sp³-hybridized carbons (Fsp3) is 0.538. The summed E-state index contributed by atoms with van der Waals surface area (Å²) in [6.07, 6.45) is 5.01. The Labute approximate surface area is 96.7 Å². The van der Waals surface area contributed by atoms with Crippen LogP contribution in [0.25, 0.3) is 0 Å². The molecule has 0 N–H and O–H groups in total. The lowest BCUT2D eigenvalue weighted by atomic mass is 10.2. The highest BCUT2D eigenvalue weighted by Crippen LogP contribution is 2.28. The van der Waals surface area contributed by atoms with Crippen LogP contribution in [-0.4, -0.2) is 22.5 Å². The van der Waals surface area contributed by atoms with Crippen LogP contribution >= 0.6 is 0 Å². The van der Waals surface area contributed by atoms with Crippen LogP contribution in [0.15, 0.2) is 18.3 Å². The van der Waals surface area contributed by atoms with Gasteiger partial charge < -0.3 is 0 Å². The minimum absolute atomic E-state index is 0.613. The van der Waals surface area contributed by atoms with Crippen LogP contribution in [0.1, 0.15) is 30.5 Å². The van der Waals surface area contributed by atoms with E-state index in [1.165, 1.54) is 18.4 Å². The highest BCUT2D eigenvalue weighted by molar-refractivity contribution is 5.17. The van der Waals surface area contributed by atoms with Crippen molar-refractivity contribution >= 4 is 0 Å². The van der Waals surface area contributed by atoms with E-state index in [-0.39, 0.29) is 0 Å². The molecule has 1 heterocycles. The Bertz CT molecular complexity index is 390. The summed E-state index contributed by atoms with van der Waals surface area (Å²) >= 11 is 0. The van der Waals surface area contributed by atoms with Crippen molar-refractivity contribution in [2.75, 3.05) is 6.54 Å². The lowest BCUT2D eigenvalue weighted by molar-refractivity contribution is 0.257. The molecule has 2 rings (SSSR count). The minimum atomic E-state index is 0.613. The fourth-order valence-corrected chi connectivity index (χ4v) is 1.90. The summed E-state index contributed by atoms with van der Waals surface area (Å²) in [5, 5.41) is 8.65. The summed E-state index contributed by atoms with van der Waals surface area (Å²) in [6.45, 7) is 3.86. The number of hydrogen-bond acceptors (Lipinski definition) is 3. The van der Waals surface area contributed by atoms with Crippen LogP contribution in [0, 0.1) is 18.3 Å². The average molecular weight is 215 g/mol. The Morgan fingerprint density at radius 1 is 1.56 bits per heavy atom. The van der Waals surface area contributed by atoms with Crippen molar-refractivity contribution in [3.05, 3.63) is 29.6 Å². The fourth-order valence-electron chi connectivity index (χ4n) is 1.90. The third kappa shape index (κ3) is 2.80. The van der Waals surface area contributed by atoms with Gasteiger partial charge in [0.2, 0.25) is 0 Å². The molecule has 1 aliphatic carbocycles. The van der Waals surface area contributed by atoms with Crippen LogP contribution in [0.2, 0.25) is 0 Å². The van der Waals surface area contributed by atoms with Gasteiger partial charge in [0.15, 0.2) is 0 Å². The minimum Gasteiger partial charge on any atom is -0.294 e. The molecule has 0 spiro atoms. The van der Waals surface area contributed by atoms with Crippen LogP contribution < -0.4 is 0 Å². The van der Waals surface area contributed by atoms with E-state index < -0.39 is 0 Å². The van der Waals surface area contributed by atoms with Crippen LogP contribution in [0.3, 0.4) is 0 Å². The second-order valence-corrected chi connectivity index (χ2v) is 4.38. The third-order valence-corrected chi connectivity index (χ3v) is 3.04. The number of pyridine rings is 1. The zero-order valence-electron chi connectivity index (χ0n) is 9.69. The normalized spacial score (nSPS) is 15.1. The topological polar surface area (TPSA) is 39.9 Å². The number of aromatic nitrogens is 1. The number of nitriles is 1. The Morgan fingerprint density at radius 2 is 2.38 bits per heavy atom. The number of rotatable bonds is 5. The lowest BCUT2D eigenvalue weighted by Gasteiger charge is -2.20. The molecule has 0 radical (unpaired) electrons. The zero-order valence-corrected chi connectivity index (χ0v) is 9.69. The number of aryl methyl sites for hydroxylation is 1. The quantitative estimate of drug-likeness (QED) is 0.756. The predicted octanol–water partition coefficient (Wildman–Crippen LogP) is 2.27. The van der Waals surface area contributed by atoms with Gasteiger partial charge in [0.1, 0.15) is 0 Å². The molecule has 3 heteroatoms. The number of hydrogen-bond donors (Lipinski definition) is 0. The summed E-state index contributed by atoms with van der Waals surface area (Å²) in [6, 6.07) is 6.97. The summed E-state index contributed by atoms with van der Waals surface area (Å²) < 4.78 is 0. The first-order valence-electron chi connectivity index (χ1n) is 5.83. The molecular weight excluding hydrogens is 198 g/mol. The van der Waals surface area contributed by atoms with E-state index in [1.807, 2.05) is 12.3 Å². The highest BCUT2D eigenvalue weighted by Gasteiger charge is 2.28. The zero-order chi connectivity index (χ0) is 11.4. The van der Waals surface area contributed by atoms with Gasteiger partial charge in [0.25, 0.3) is 0 Å². The molecular formula is C13H17N3. The Balaban J connectivity index is 2.00. The molecule has 1 aromatic heterocycles. The highest BCUT2D eigenvalue weighted by atomic mass is 15.2. The van der Waals surface area contributed by atoms with Gasteiger partial charge in [-0.15, -0.1) is 0 Å². The van der Waals surface area contributed by atoms with Gasteiger partial charge >= 0.3 is 0 Å². The monoisotopic (exact) mass is 215 g/mol. The summed E-state index contributed by atoms with van der Waals surface area (Å²) in [4.78, 5) is 6.80. The Kier molecular flexibility index (Phi) is 3.53. The van der Waals surface area contributed by atoms with Gasteiger partial charge in [-0.1, -0.05) is 6.07 Å². The molecule has 1 fully saturated rings. The van der Waals surface area contributed by atoms with Gasteiger partial charge in [-0.25, -0.2) is 0 Å². The van der Waals surface area contributed by atoms with Crippen molar-refractivity contribution in [3.8, 4) is 6.07 Å². The van der Waals surface area contributed by atoms with Gasteiger partial charge in [0, 0.05) is 31.7 Å². The summed E-state index contributed by atoms with van der Waals surface area (Å²) in [5.41, 5.74) is 2.39. The number of nitrogens with zero attached hydrogens (tertiary/aromatic N) is 3. The van der Waals surface area contributed by atoms with E-state index >= 15 is 0 Å². The van der Waals surface area contributed by atoms with Gasteiger partial charge in [-0.2, -0.15) is 5.26 Å². The largest absolute Gasteiger partial charge is 0.294 e. The summed E-state index contributed by atoms with van der Waals surface area (Å²) in [7, 11) is 0. The molecule has 0 amide bonds. The molecule has 3 nitrogen and oxygen atoms in total. The maximum atomic E-state index is 8.65. The molecule has 1 aromatic rings. The molecule has 1 saturated carbocycles. The molecule has 0 unspecified atom stereocenters. The van der Waals surface area contributed by atoms with Crippen molar-refractivity contribution in [1.82, 2.24) is 9.88 Å². The van der Waals surface area contributed by atoms with Crippen LogP contribution in [0.5, 0.6) is 0 Å². The standard InChI is InChI=1S/C13H17N3/c1-11-4-2-8-15-13(11)10-16(9-3-7-14)12-5-6-12/h2,4,8,12H,3,5-6,9-10H2,1H3. The van der Waals surface area contributed by atoms with E-state index in [9.17, 15) is 0 Å². The van der Waals surface area contributed by atoms with Gasteiger partial charge in [-0.05, 0) is 31.4 Å². The molecule has 0 bridgehead atoms. The van der Waals surface area contributed by atoms with E-state index in [4.69, 9.17) is 5.26 Å². The Hall–Kier alpha value is -1.40. The second-order valence-electron chi connectivity index (χ2n) is 4.38. The lowest BCUT2D eigenvalue weighted by Crippen LogP contribution is -2.27. The molecule has 0 aliphatic heterocycles. The van der Waals surface area contributed by atoms with Gasteiger partial charge in [-0.3, -0.25) is 9.88 Å². The maximum Gasteiger partial charge on any atom is 0.0635 e. The molecule has 84 valence electrons. The molecule has 16 heavy (non-hydrogen) atoms. The molecule has 0 atom stereocenters. The summed E-state index contributed by atoms with van der Waals surface area (Å²) in [5.74, 6) is 0. The van der Waals surface area contributed by atoms with E-state index in [2.05, 4.69) is 28.9 Å². The smallest absolute Gasteiger partial charge is 0.0635 e. The third-order valence-electron chi connectivity index (χ3n) is 3.04. The van der Waals surface area contributed by atoms with Crippen molar-refractivity contribution < 1.29 is 0 Å². The van der Waals surface area contributed by atoms with Crippen molar-refractivity contribution in [2.24, 2.45) is 0 Å². The second kappa shape index (κ2) is 5.09. The Morgan fingerprint density at radius 3 is 3.00 bits per heavy atom. The van der Waals surface area contributed by atoms with Gasteiger partial charge in [0.05, 0.1) is 11.8 Å². The SMILES string of the molecule is Cc1cccnc1CN(CCC#N)C1CC1. The van der Waals surface area contributed by atoms with Crippen molar-refractivity contribution in [3.63, 3.8) is 0 Å². The predicted molar refractivity (Wildman–Crippen MR) is 62.6 cm³/mol. The van der Waals surface area contributed by atoms with Crippen LogP contribution in [0.4, 0.5) is 0 Å². The average Bonchev–Trinajstić information content (AvgIpc) is 3.10. The van der Waals surface area contributed by atoms with E-state index in [0.717, 1.165) is 18.8 Å². The van der Waals surface area contributed by atoms with E-state index in [0.29, 0.717) is 12.5 Å². The molecule has 1 aliphatic rings.